The highest BCUT2D eigenvalue weighted by Crippen LogP contribution is 2.26. The van der Waals surface area contributed by atoms with Crippen molar-refractivity contribution in [2.24, 2.45) is 0 Å². The average Bonchev–Trinajstić information content (AvgIpc) is 3.05. The molecule has 6 heteroatoms. The van der Waals surface area contributed by atoms with Crippen LogP contribution in [-0.2, 0) is 0 Å². The van der Waals surface area contributed by atoms with Crippen LogP contribution < -0.4 is 0 Å². The summed E-state index contributed by atoms with van der Waals surface area (Å²) in [5, 5.41) is 4.08. The highest BCUT2D eigenvalue weighted by atomic mass is 19.1. The first-order valence-electron chi connectivity index (χ1n) is 6.59. The van der Waals surface area contributed by atoms with Gasteiger partial charge in [-0.25, -0.2) is 8.78 Å². The Morgan fingerprint density at radius 1 is 1.14 bits per heavy atom. The molecule has 4 nitrogen and oxygen atoms in total. The molecular weight excluding hydrogens is 290 g/mol. The van der Waals surface area contributed by atoms with Crippen LogP contribution in [0.3, 0.4) is 0 Å². The standard InChI is InChI=1S/C16H12F2N2O2/c1-9-7-10(2)20(19-9)16(21)15-6-5-14(22-15)12-4-3-11(17)8-13(12)18/h3-8H,1-2H3. The van der Waals surface area contributed by atoms with Crippen molar-refractivity contribution in [1.29, 1.82) is 0 Å². The number of hydrogen-bond donors (Lipinski definition) is 0. The number of carbonyl (C=O) groups is 1. The van der Waals surface area contributed by atoms with Crippen LogP contribution in [-0.4, -0.2) is 15.7 Å². The number of nitrogens with zero attached hydrogens (tertiary/aromatic N) is 2. The minimum absolute atomic E-state index is 0.0323. The fourth-order valence-corrected chi connectivity index (χ4v) is 2.23. The third-order valence-corrected chi connectivity index (χ3v) is 3.22. The van der Waals surface area contributed by atoms with Crippen molar-refractivity contribution in [3.8, 4) is 11.3 Å². The minimum Gasteiger partial charge on any atom is -0.451 e. The first-order chi connectivity index (χ1) is 10.5. The Balaban J connectivity index is 1.97. The zero-order chi connectivity index (χ0) is 15.9. The fourth-order valence-electron chi connectivity index (χ4n) is 2.23. The third kappa shape index (κ3) is 2.43. The second kappa shape index (κ2) is 5.22. The molecule has 0 saturated heterocycles. The minimum atomic E-state index is -0.750. The summed E-state index contributed by atoms with van der Waals surface area (Å²) in [7, 11) is 0. The number of rotatable bonds is 2. The van der Waals surface area contributed by atoms with Crippen LogP contribution in [0.5, 0.6) is 0 Å². The van der Waals surface area contributed by atoms with E-state index >= 15 is 0 Å². The van der Waals surface area contributed by atoms with Gasteiger partial charge < -0.3 is 4.42 Å². The van der Waals surface area contributed by atoms with Crippen molar-refractivity contribution < 1.29 is 18.0 Å². The van der Waals surface area contributed by atoms with Gasteiger partial charge in [0.05, 0.1) is 11.3 Å². The maximum Gasteiger partial charge on any atom is 0.314 e. The molecule has 3 rings (SSSR count). The van der Waals surface area contributed by atoms with Gasteiger partial charge in [-0.05, 0) is 44.2 Å². The summed E-state index contributed by atoms with van der Waals surface area (Å²) < 4.78 is 33.3. The highest BCUT2D eigenvalue weighted by molar-refractivity contribution is 5.93. The van der Waals surface area contributed by atoms with Crippen LogP contribution in [0.4, 0.5) is 8.78 Å². The molecule has 0 aliphatic rings. The van der Waals surface area contributed by atoms with Crippen molar-refractivity contribution in [1.82, 2.24) is 9.78 Å². The molecule has 2 aromatic heterocycles. The van der Waals surface area contributed by atoms with Crippen molar-refractivity contribution in [2.75, 3.05) is 0 Å². The molecular formula is C16H12F2N2O2. The van der Waals surface area contributed by atoms with Gasteiger partial charge in [0.15, 0.2) is 5.76 Å². The summed E-state index contributed by atoms with van der Waals surface area (Å²) in [6.45, 7) is 3.53. The summed E-state index contributed by atoms with van der Waals surface area (Å²) in [4.78, 5) is 12.3. The largest absolute Gasteiger partial charge is 0.451 e. The van der Waals surface area contributed by atoms with Crippen LogP contribution in [0.15, 0.2) is 40.8 Å². The molecule has 0 amide bonds. The molecule has 112 valence electrons. The van der Waals surface area contributed by atoms with Gasteiger partial charge in [0, 0.05) is 11.8 Å². The summed E-state index contributed by atoms with van der Waals surface area (Å²) in [6, 6.07) is 7.83. The van der Waals surface area contributed by atoms with E-state index in [1.165, 1.54) is 22.9 Å². The number of carbonyl (C=O) groups excluding carboxylic acids is 1. The van der Waals surface area contributed by atoms with Gasteiger partial charge in [0.1, 0.15) is 17.4 Å². The van der Waals surface area contributed by atoms with Gasteiger partial charge >= 0.3 is 5.91 Å². The van der Waals surface area contributed by atoms with Crippen molar-refractivity contribution in [3.63, 3.8) is 0 Å². The Morgan fingerprint density at radius 3 is 2.55 bits per heavy atom. The van der Waals surface area contributed by atoms with Crippen LogP contribution in [0.1, 0.15) is 21.9 Å². The molecule has 22 heavy (non-hydrogen) atoms. The second-order valence-corrected chi connectivity index (χ2v) is 4.93. The molecule has 2 heterocycles. The molecule has 0 fully saturated rings. The smallest absolute Gasteiger partial charge is 0.314 e. The predicted octanol–water partition coefficient (Wildman–Crippen LogP) is 3.73. The molecule has 0 radical (unpaired) electrons. The van der Waals surface area contributed by atoms with Crippen LogP contribution in [0.2, 0.25) is 0 Å². The Labute approximate surface area is 125 Å². The zero-order valence-electron chi connectivity index (χ0n) is 11.9. The first kappa shape index (κ1) is 14.2. The molecule has 1 aromatic carbocycles. The lowest BCUT2D eigenvalue weighted by atomic mass is 10.1. The van der Waals surface area contributed by atoms with Crippen molar-refractivity contribution in [3.05, 3.63) is 65.2 Å². The number of aryl methyl sites for hydroxylation is 2. The van der Waals surface area contributed by atoms with Crippen LogP contribution in [0, 0.1) is 25.5 Å². The van der Waals surface area contributed by atoms with E-state index in [1.807, 2.05) is 0 Å². The molecule has 3 aromatic rings. The third-order valence-electron chi connectivity index (χ3n) is 3.22. The number of hydrogen-bond acceptors (Lipinski definition) is 3. The topological polar surface area (TPSA) is 48.0 Å². The molecule has 0 atom stereocenters. The SMILES string of the molecule is Cc1cc(C)n(C(=O)c2ccc(-c3ccc(F)cc3F)o2)n1. The highest BCUT2D eigenvalue weighted by Gasteiger charge is 2.18. The maximum absolute atomic E-state index is 13.7. The second-order valence-electron chi connectivity index (χ2n) is 4.93. The van der Waals surface area contributed by atoms with Crippen molar-refractivity contribution in [2.45, 2.75) is 13.8 Å². The summed E-state index contributed by atoms with van der Waals surface area (Å²) in [5.41, 5.74) is 1.48. The van der Waals surface area contributed by atoms with E-state index in [2.05, 4.69) is 5.10 Å². The van der Waals surface area contributed by atoms with E-state index in [-0.39, 0.29) is 17.1 Å². The van der Waals surface area contributed by atoms with Gasteiger partial charge in [0.25, 0.3) is 0 Å². The molecule has 0 unspecified atom stereocenters. The Bertz CT molecular complexity index is 865. The van der Waals surface area contributed by atoms with Crippen LogP contribution in [0.25, 0.3) is 11.3 Å². The predicted molar refractivity (Wildman–Crippen MR) is 75.5 cm³/mol. The van der Waals surface area contributed by atoms with Gasteiger partial charge in [0.2, 0.25) is 0 Å². The average molecular weight is 302 g/mol. The van der Waals surface area contributed by atoms with Crippen molar-refractivity contribution >= 4 is 5.91 Å². The fraction of sp³-hybridized carbons (Fsp3) is 0.125. The first-order valence-corrected chi connectivity index (χ1v) is 6.59. The normalized spacial score (nSPS) is 10.9. The maximum atomic E-state index is 13.7. The van der Waals surface area contributed by atoms with E-state index in [9.17, 15) is 13.6 Å². The number of furan rings is 1. The Morgan fingerprint density at radius 2 is 1.91 bits per heavy atom. The van der Waals surface area contributed by atoms with Gasteiger partial charge in [-0.3, -0.25) is 4.79 Å². The van der Waals surface area contributed by atoms with E-state index in [1.54, 1.807) is 19.9 Å². The number of halogens is 2. The van der Waals surface area contributed by atoms with E-state index < -0.39 is 17.5 Å². The lowest BCUT2D eigenvalue weighted by molar-refractivity contribution is 0.0915. The van der Waals surface area contributed by atoms with Gasteiger partial charge in [-0.15, -0.1) is 0 Å². The lowest BCUT2D eigenvalue weighted by Crippen LogP contribution is -2.14. The zero-order valence-corrected chi connectivity index (χ0v) is 11.9. The van der Waals surface area contributed by atoms with E-state index in [0.29, 0.717) is 11.4 Å². The summed E-state index contributed by atoms with van der Waals surface area (Å²) in [6.07, 6.45) is 0. The number of aromatic nitrogens is 2. The van der Waals surface area contributed by atoms with Crippen LogP contribution >= 0.6 is 0 Å². The Kier molecular flexibility index (Phi) is 3.36. The molecule has 0 bridgehead atoms. The number of benzene rings is 1. The quantitative estimate of drug-likeness (QED) is 0.724. The molecule has 0 aliphatic carbocycles. The van der Waals surface area contributed by atoms with Gasteiger partial charge in [-0.2, -0.15) is 9.78 Å². The van der Waals surface area contributed by atoms with E-state index in [0.717, 1.165) is 12.1 Å². The molecule has 0 saturated carbocycles. The molecule has 0 spiro atoms. The monoisotopic (exact) mass is 302 g/mol. The molecule has 0 aliphatic heterocycles. The summed E-state index contributed by atoms with van der Waals surface area (Å²) >= 11 is 0. The Hall–Kier alpha value is -2.76. The lowest BCUT2D eigenvalue weighted by Gasteiger charge is -2.01. The molecule has 0 N–H and O–H groups in total. The summed E-state index contributed by atoms with van der Waals surface area (Å²) in [5.74, 6) is -1.68. The van der Waals surface area contributed by atoms with Gasteiger partial charge in [-0.1, -0.05) is 0 Å². The van der Waals surface area contributed by atoms with E-state index in [4.69, 9.17) is 4.42 Å².